The molecule has 15 heavy (non-hydrogen) atoms. The van der Waals surface area contributed by atoms with Crippen molar-refractivity contribution in [3.63, 3.8) is 0 Å². The zero-order valence-electron chi connectivity index (χ0n) is 8.59. The molecule has 82 valence electrons. The summed E-state index contributed by atoms with van der Waals surface area (Å²) in [7, 11) is -3.63. The molecule has 0 radical (unpaired) electrons. The van der Waals surface area contributed by atoms with Gasteiger partial charge in [-0.15, -0.1) is 6.58 Å². The summed E-state index contributed by atoms with van der Waals surface area (Å²) in [5.74, 6) is 0. The van der Waals surface area contributed by atoms with Crippen molar-refractivity contribution in [3.05, 3.63) is 43.0 Å². The number of hydrogen-bond donors (Lipinski definition) is 0. The zero-order valence-corrected chi connectivity index (χ0v) is 9.41. The van der Waals surface area contributed by atoms with Crippen LogP contribution in [0.2, 0.25) is 0 Å². The lowest BCUT2D eigenvalue weighted by Gasteiger charge is -2.10. The van der Waals surface area contributed by atoms with Gasteiger partial charge in [-0.3, -0.25) is 4.18 Å². The highest BCUT2D eigenvalue weighted by Crippen LogP contribution is 2.14. The minimum atomic E-state index is -3.63. The molecule has 1 atom stereocenters. The van der Waals surface area contributed by atoms with E-state index in [1.807, 2.05) is 0 Å². The first-order chi connectivity index (χ1) is 7.06. The van der Waals surface area contributed by atoms with Gasteiger partial charge < -0.3 is 0 Å². The van der Waals surface area contributed by atoms with Gasteiger partial charge in [0.15, 0.2) is 0 Å². The first-order valence-corrected chi connectivity index (χ1v) is 6.06. The first kappa shape index (κ1) is 11.9. The van der Waals surface area contributed by atoms with E-state index in [1.54, 1.807) is 31.2 Å². The van der Waals surface area contributed by atoms with Crippen LogP contribution >= 0.6 is 0 Å². The summed E-state index contributed by atoms with van der Waals surface area (Å²) in [6, 6.07) is 8.10. The lowest BCUT2D eigenvalue weighted by atomic mass is 10.3. The Morgan fingerprint density at radius 2 is 2.00 bits per heavy atom. The van der Waals surface area contributed by atoms with Crippen molar-refractivity contribution in [3.8, 4) is 0 Å². The Morgan fingerprint density at radius 3 is 2.53 bits per heavy atom. The van der Waals surface area contributed by atoms with Crippen molar-refractivity contribution in [2.45, 2.75) is 24.3 Å². The largest absolute Gasteiger partial charge is 0.297 e. The fourth-order valence-electron chi connectivity index (χ4n) is 1.13. The molecule has 0 aliphatic rings. The molecule has 0 spiro atoms. The summed E-state index contributed by atoms with van der Waals surface area (Å²) in [5, 5.41) is 0. The topological polar surface area (TPSA) is 43.4 Å². The summed E-state index contributed by atoms with van der Waals surface area (Å²) in [5.41, 5.74) is 0. The molecule has 1 rings (SSSR count). The third-order valence-corrected chi connectivity index (χ3v) is 3.25. The Hall–Kier alpha value is -1.13. The highest BCUT2D eigenvalue weighted by atomic mass is 32.2. The molecule has 0 aliphatic heterocycles. The van der Waals surface area contributed by atoms with E-state index in [1.165, 1.54) is 12.1 Å². The molecule has 3 nitrogen and oxygen atoms in total. The van der Waals surface area contributed by atoms with E-state index in [0.29, 0.717) is 6.42 Å². The van der Waals surface area contributed by atoms with Crippen molar-refractivity contribution >= 4 is 10.1 Å². The predicted molar refractivity (Wildman–Crippen MR) is 59.0 cm³/mol. The fourth-order valence-corrected chi connectivity index (χ4v) is 2.25. The molecular formula is C11H14O3S. The predicted octanol–water partition coefficient (Wildman–Crippen LogP) is 2.36. The average Bonchev–Trinajstić information content (AvgIpc) is 2.18. The molecule has 1 unspecified atom stereocenters. The quantitative estimate of drug-likeness (QED) is 0.572. The van der Waals surface area contributed by atoms with Crippen molar-refractivity contribution in [1.29, 1.82) is 0 Å². The molecule has 0 fully saturated rings. The molecule has 4 heteroatoms. The molecular weight excluding hydrogens is 212 g/mol. The van der Waals surface area contributed by atoms with Gasteiger partial charge in [-0.25, -0.2) is 0 Å². The molecule has 0 saturated heterocycles. The van der Waals surface area contributed by atoms with Crippen LogP contribution in [0.25, 0.3) is 0 Å². The Morgan fingerprint density at radius 1 is 1.40 bits per heavy atom. The number of benzene rings is 1. The van der Waals surface area contributed by atoms with Crippen LogP contribution in [0, 0.1) is 0 Å². The second-order valence-electron chi connectivity index (χ2n) is 3.20. The fraction of sp³-hybridized carbons (Fsp3) is 0.273. The van der Waals surface area contributed by atoms with E-state index < -0.39 is 10.1 Å². The molecule has 0 heterocycles. The summed E-state index contributed by atoms with van der Waals surface area (Å²) < 4.78 is 28.3. The molecule has 0 bridgehead atoms. The number of rotatable bonds is 5. The van der Waals surface area contributed by atoms with Crippen LogP contribution in [0.15, 0.2) is 47.9 Å². The Balaban J connectivity index is 2.81. The van der Waals surface area contributed by atoms with Crippen LogP contribution in [-0.2, 0) is 14.3 Å². The zero-order chi connectivity index (χ0) is 11.3. The van der Waals surface area contributed by atoms with Crippen LogP contribution < -0.4 is 0 Å². The van der Waals surface area contributed by atoms with E-state index in [4.69, 9.17) is 4.18 Å². The van der Waals surface area contributed by atoms with Crippen molar-refractivity contribution in [1.82, 2.24) is 0 Å². The molecule has 0 aromatic heterocycles. The standard InChI is InChI=1S/C11H14O3S/c1-3-7-10(2)14-15(12,13)11-8-5-4-6-9-11/h3-6,8-10H,1,7H2,2H3. The van der Waals surface area contributed by atoms with Crippen LogP contribution in [0.4, 0.5) is 0 Å². The van der Waals surface area contributed by atoms with E-state index in [2.05, 4.69) is 6.58 Å². The van der Waals surface area contributed by atoms with Crippen LogP contribution in [0.3, 0.4) is 0 Å². The van der Waals surface area contributed by atoms with Crippen molar-refractivity contribution in [2.75, 3.05) is 0 Å². The monoisotopic (exact) mass is 226 g/mol. The van der Waals surface area contributed by atoms with Gasteiger partial charge >= 0.3 is 0 Å². The smallest absolute Gasteiger partial charge is 0.263 e. The third kappa shape index (κ3) is 3.49. The van der Waals surface area contributed by atoms with Crippen LogP contribution in [-0.4, -0.2) is 14.5 Å². The molecule has 1 aromatic rings. The molecule has 1 aromatic carbocycles. The van der Waals surface area contributed by atoms with Gasteiger partial charge in [-0.05, 0) is 25.5 Å². The van der Waals surface area contributed by atoms with Gasteiger partial charge in [-0.1, -0.05) is 24.3 Å². The van der Waals surface area contributed by atoms with Gasteiger partial charge in [0.1, 0.15) is 0 Å². The van der Waals surface area contributed by atoms with E-state index in [0.717, 1.165) is 0 Å². The minimum absolute atomic E-state index is 0.181. The highest BCUT2D eigenvalue weighted by Gasteiger charge is 2.17. The van der Waals surface area contributed by atoms with Crippen molar-refractivity contribution in [2.24, 2.45) is 0 Å². The van der Waals surface area contributed by atoms with E-state index in [9.17, 15) is 8.42 Å². The Labute approximate surface area is 90.5 Å². The summed E-state index contributed by atoms with van der Waals surface area (Å²) in [6.07, 6.45) is 1.75. The average molecular weight is 226 g/mol. The Kier molecular flexibility index (Phi) is 4.05. The van der Waals surface area contributed by atoms with Crippen LogP contribution in [0.5, 0.6) is 0 Å². The summed E-state index contributed by atoms with van der Waals surface area (Å²) >= 11 is 0. The maximum atomic E-state index is 11.7. The van der Waals surface area contributed by atoms with Crippen molar-refractivity contribution < 1.29 is 12.6 Å². The molecule has 0 saturated carbocycles. The second-order valence-corrected chi connectivity index (χ2v) is 4.77. The highest BCUT2D eigenvalue weighted by molar-refractivity contribution is 7.86. The number of hydrogen-bond acceptors (Lipinski definition) is 3. The maximum absolute atomic E-state index is 11.7. The SMILES string of the molecule is C=CCC(C)OS(=O)(=O)c1ccccc1. The third-order valence-electron chi connectivity index (χ3n) is 1.82. The maximum Gasteiger partial charge on any atom is 0.297 e. The normalized spacial score (nSPS) is 13.4. The van der Waals surface area contributed by atoms with Gasteiger partial charge in [-0.2, -0.15) is 8.42 Å². The van der Waals surface area contributed by atoms with E-state index >= 15 is 0 Å². The van der Waals surface area contributed by atoms with Crippen LogP contribution in [0.1, 0.15) is 13.3 Å². The van der Waals surface area contributed by atoms with Gasteiger partial charge in [0.2, 0.25) is 0 Å². The summed E-state index contributed by atoms with van der Waals surface area (Å²) in [4.78, 5) is 0.181. The second kappa shape index (κ2) is 5.09. The lowest BCUT2D eigenvalue weighted by Crippen LogP contribution is -2.14. The summed E-state index contributed by atoms with van der Waals surface area (Å²) in [6.45, 7) is 5.23. The lowest BCUT2D eigenvalue weighted by molar-refractivity contribution is 0.232. The molecule has 0 aliphatic carbocycles. The van der Waals surface area contributed by atoms with E-state index in [-0.39, 0.29) is 11.0 Å². The minimum Gasteiger partial charge on any atom is -0.263 e. The molecule has 0 N–H and O–H groups in total. The first-order valence-electron chi connectivity index (χ1n) is 4.65. The van der Waals surface area contributed by atoms with Gasteiger partial charge in [0.25, 0.3) is 10.1 Å². The Bertz CT molecular complexity index is 409. The van der Waals surface area contributed by atoms with Gasteiger partial charge in [0, 0.05) is 0 Å². The molecule has 0 amide bonds. The van der Waals surface area contributed by atoms with Gasteiger partial charge in [0.05, 0.1) is 11.0 Å².